The maximum absolute atomic E-state index is 12.2. The molecule has 10 heteroatoms. The summed E-state index contributed by atoms with van der Waals surface area (Å²) in [5.74, 6) is -4.01. The fourth-order valence-corrected chi connectivity index (χ4v) is 2.48. The van der Waals surface area contributed by atoms with Crippen molar-refractivity contribution in [3.05, 3.63) is 121 Å². The van der Waals surface area contributed by atoms with Crippen molar-refractivity contribution in [1.29, 1.82) is 0 Å². The molecule has 36 heavy (non-hydrogen) atoms. The van der Waals surface area contributed by atoms with Gasteiger partial charge in [-0.25, -0.2) is 9.59 Å². The van der Waals surface area contributed by atoms with Crippen LogP contribution >= 0.6 is 0 Å². The third-order valence-corrected chi connectivity index (χ3v) is 4.41. The number of ether oxygens (including phenoxy) is 2. The second kappa shape index (κ2) is 15.1. The quantitative estimate of drug-likeness (QED) is 0.101. The Labute approximate surface area is 207 Å². The van der Waals surface area contributed by atoms with Crippen molar-refractivity contribution in [2.45, 2.75) is 25.0 Å². The zero-order valence-corrected chi connectivity index (χ0v) is 19.2. The van der Waals surface area contributed by atoms with Crippen molar-refractivity contribution in [3.63, 3.8) is 0 Å². The van der Waals surface area contributed by atoms with Gasteiger partial charge < -0.3 is 40.1 Å². The summed E-state index contributed by atoms with van der Waals surface area (Å²) in [6, 6.07) is 0. The van der Waals surface area contributed by atoms with Gasteiger partial charge >= 0.3 is 11.9 Å². The van der Waals surface area contributed by atoms with E-state index in [4.69, 9.17) is 14.6 Å². The Hall–Kier alpha value is -4.86. The molecule has 2 atom stereocenters. The second-order valence-electron chi connectivity index (χ2n) is 7.11. The highest BCUT2D eigenvalue weighted by atomic mass is 16.6. The summed E-state index contributed by atoms with van der Waals surface area (Å²) < 4.78 is 10.4. The Morgan fingerprint density at radius 2 is 1.83 bits per heavy atom. The molecule has 0 saturated carbocycles. The molecule has 1 unspecified atom stereocenters. The number of carboxylic acid groups (broad SMARTS) is 1. The summed E-state index contributed by atoms with van der Waals surface area (Å²) >= 11 is 0. The molecule has 0 amide bonds. The van der Waals surface area contributed by atoms with Crippen LogP contribution in [-0.2, 0) is 19.1 Å². The molecular formula is C26H28O10. The number of rotatable bonds is 11. The monoisotopic (exact) mass is 500 g/mol. The lowest BCUT2D eigenvalue weighted by molar-refractivity contribution is -0.160. The lowest BCUT2D eigenvalue weighted by atomic mass is 10.1. The second-order valence-corrected chi connectivity index (χ2v) is 7.11. The fraction of sp³-hybridized carbons (Fsp3) is 0.154. The molecule has 0 aromatic carbocycles. The van der Waals surface area contributed by atoms with E-state index >= 15 is 0 Å². The predicted octanol–water partition coefficient (Wildman–Crippen LogP) is 4.74. The summed E-state index contributed by atoms with van der Waals surface area (Å²) in [7, 11) is 0. The average molecular weight is 501 g/mol. The molecule has 192 valence electrons. The molecule has 1 aliphatic rings. The summed E-state index contributed by atoms with van der Waals surface area (Å²) in [4.78, 5) is 23.6. The van der Waals surface area contributed by atoms with Gasteiger partial charge in [0.2, 0.25) is 6.10 Å². The van der Waals surface area contributed by atoms with Gasteiger partial charge in [-0.3, -0.25) is 0 Å². The first kappa shape index (κ1) is 29.2. The number of esters is 1. The van der Waals surface area contributed by atoms with Gasteiger partial charge in [0.15, 0.2) is 11.5 Å². The standard InChI is InChI=1S/C26H28O10/c1-3-21(30)22(31)5-4-6-24(26(33)34)36-25(32)14-10-18-8-12-20(29)16-35-23(13-9-18)17(2)7-11-19(28)15-27/h3-5,7-12,14-16,23-24,27-31H,1-2,6,13H2,(H,33,34)/b5-4+,11-7-,12-8-,14-10-,18-9-,19-15-,20-16?,22-21-/t23-,24?/m1/s1. The maximum Gasteiger partial charge on any atom is 0.345 e. The van der Waals surface area contributed by atoms with E-state index in [2.05, 4.69) is 13.2 Å². The molecule has 0 aromatic heterocycles. The van der Waals surface area contributed by atoms with Crippen LogP contribution in [-0.4, -0.2) is 54.8 Å². The maximum atomic E-state index is 12.2. The van der Waals surface area contributed by atoms with E-state index in [0.29, 0.717) is 17.4 Å². The Morgan fingerprint density at radius 3 is 2.47 bits per heavy atom. The van der Waals surface area contributed by atoms with E-state index in [1.807, 2.05) is 0 Å². The Morgan fingerprint density at radius 1 is 1.11 bits per heavy atom. The molecule has 0 aliphatic carbocycles. The highest BCUT2D eigenvalue weighted by Crippen LogP contribution is 2.18. The van der Waals surface area contributed by atoms with Gasteiger partial charge in [0.1, 0.15) is 30.1 Å². The molecule has 1 rings (SSSR count). The number of aliphatic carboxylic acids is 1. The first-order chi connectivity index (χ1) is 17.1. The molecule has 0 saturated heterocycles. The van der Waals surface area contributed by atoms with Crippen LogP contribution < -0.4 is 0 Å². The number of allylic oxidation sites excluding steroid dienone is 7. The number of carbonyl (C=O) groups excluding carboxylic acids is 1. The van der Waals surface area contributed by atoms with Crippen LogP contribution in [0, 0.1) is 0 Å². The van der Waals surface area contributed by atoms with Gasteiger partial charge in [0.25, 0.3) is 0 Å². The van der Waals surface area contributed by atoms with Crippen molar-refractivity contribution in [2.24, 2.45) is 0 Å². The van der Waals surface area contributed by atoms with E-state index in [1.54, 1.807) is 6.08 Å². The number of hydrogen-bond acceptors (Lipinski definition) is 9. The van der Waals surface area contributed by atoms with Crippen LogP contribution in [0.25, 0.3) is 0 Å². The number of carbonyl (C=O) groups is 2. The summed E-state index contributed by atoms with van der Waals surface area (Å²) in [5, 5.41) is 56.0. The van der Waals surface area contributed by atoms with E-state index < -0.39 is 41.4 Å². The SMILES string of the molecule is C=C/C(O)=C(O)\C=C\CC(OC(=O)\C=C/C1=C\C[C@H](C(=C)/C=C\C(O)=C\O)OC=C(O)/C=C\1)C(=O)O. The highest BCUT2D eigenvalue weighted by molar-refractivity contribution is 5.85. The fourth-order valence-electron chi connectivity index (χ4n) is 2.48. The van der Waals surface area contributed by atoms with E-state index in [9.17, 15) is 35.1 Å². The molecule has 0 radical (unpaired) electrons. The molecule has 0 bridgehead atoms. The molecule has 0 spiro atoms. The molecule has 10 nitrogen and oxygen atoms in total. The number of carboxylic acids is 1. The van der Waals surface area contributed by atoms with Crippen LogP contribution in [0.15, 0.2) is 121 Å². The molecular weight excluding hydrogens is 472 g/mol. The summed E-state index contributed by atoms with van der Waals surface area (Å²) in [6.07, 6.45) is 12.1. The number of aliphatic hydroxyl groups is 5. The topological polar surface area (TPSA) is 174 Å². The Balaban J connectivity index is 2.93. The smallest absolute Gasteiger partial charge is 0.345 e. The van der Waals surface area contributed by atoms with Crippen LogP contribution in [0.4, 0.5) is 0 Å². The lowest BCUT2D eigenvalue weighted by Crippen LogP contribution is -2.25. The lowest BCUT2D eigenvalue weighted by Gasteiger charge is -2.15. The van der Waals surface area contributed by atoms with Crippen LogP contribution in [0.5, 0.6) is 0 Å². The van der Waals surface area contributed by atoms with Crippen LogP contribution in [0.2, 0.25) is 0 Å². The number of aliphatic hydroxyl groups excluding tert-OH is 5. The van der Waals surface area contributed by atoms with Crippen molar-refractivity contribution in [1.82, 2.24) is 0 Å². The predicted molar refractivity (Wildman–Crippen MR) is 132 cm³/mol. The molecule has 0 fully saturated rings. The van der Waals surface area contributed by atoms with Gasteiger partial charge in [-0.1, -0.05) is 37.5 Å². The number of hydrogen-bond donors (Lipinski definition) is 6. The minimum atomic E-state index is -1.55. The van der Waals surface area contributed by atoms with Gasteiger partial charge in [0.05, 0.1) is 0 Å². The van der Waals surface area contributed by atoms with E-state index in [1.165, 1.54) is 36.5 Å². The van der Waals surface area contributed by atoms with Crippen molar-refractivity contribution < 1.29 is 49.7 Å². The summed E-state index contributed by atoms with van der Waals surface area (Å²) in [6.45, 7) is 7.10. The van der Waals surface area contributed by atoms with Crippen molar-refractivity contribution in [3.8, 4) is 0 Å². The van der Waals surface area contributed by atoms with Gasteiger partial charge in [0, 0.05) is 18.9 Å². The molecule has 1 heterocycles. The summed E-state index contributed by atoms with van der Waals surface area (Å²) in [5.41, 5.74) is 0.868. The third-order valence-electron chi connectivity index (χ3n) is 4.41. The molecule has 1 aliphatic heterocycles. The molecule has 0 aromatic rings. The Bertz CT molecular complexity index is 1080. The normalized spacial score (nSPS) is 20.7. The first-order valence-electron chi connectivity index (χ1n) is 10.4. The molecule has 6 N–H and O–H groups in total. The zero-order chi connectivity index (χ0) is 27.1. The first-order valence-corrected chi connectivity index (χ1v) is 10.4. The zero-order valence-electron chi connectivity index (χ0n) is 19.2. The van der Waals surface area contributed by atoms with Gasteiger partial charge in [-0.15, -0.1) is 0 Å². The van der Waals surface area contributed by atoms with E-state index in [0.717, 1.165) is 24.5 Å². The largest absolute Gasteiger partial charge is 0.512 e. The van der Waals surface area contributed by atoms with Crippen LogP contribution in [0.3, 0.4) is 0 Å². The van der Waals surface area contributed by atoms with Gasteiger partial charge in [-0.2, -0.15) is 0 Å². The third kappa shape index (κ3) is 10.8. The van der Waals surface area contributed by atoms with E-state index in [-0.39, 0.29) is 18.6 Å². The highest BCUT2D eigenvalue weighted by Gasteiger charge is 2.20. The van der Waals surface area contributed by atoms with Gasteiger partial charge in [-0.05, 0) is 41.5 Å². The van der Waals surface area contributed by atoms with Crippen molar-refractivity contribution in [2.75, 3.05) is 0 Å². The van der Waals surface area contributed by atoms with Crippen LogP contribution in [0.1, 0.15) is 12.8 Å². The van der Waals surface area contributed by atoms with Crippen molar-refractivity contribution >= 4 is 11.9 Å². The minimum absolute atomic E-state index is 0.226. The Kier molecular flexibility index (Phi) is 12.3. The minimum Gasteiger partial charge on any atom is -0.512 e. The average Bonchev–Trinajstić information content (AvgIpc) is 2.94.